The van der Waals surface area contributed by atoms with Crippen LogP contribution in [0.1, 0.15) is 0 Å². The van der Waals surface area contributed by atoms with Crippen molar-refractivity contribution in [2.75, 3.05) is 6.54 Å². The Kier molecular flexibility index (Phi) is 3.77. The number of alkyl halides is 7. The van der Waals surface area contributed by atoms with Crippen molar-refractivity contribution in [3.63, 3.8) is 0 Å². The average Bonchev–Trinajstić information content (AvgIpc) is 2.39. The fourth-order valence-corrected chi connectivity index (χ4v) is 1.18. The van der Waals surface area contributed by atoms with Crippen LogP contribution in [0.15, 0.2) is 11.7 Å². The van der Waals surface area contributed by atoms with Gasteiger partial charge in [-0.15, -0.1) is 4.48 Å². The number of hydrazine groups is 1. The molecule has 2 N–H and O–H groups in total. The summed E-state index contributed by atoms with van der Waals surface area (Å²) in [6, 6.07) is -4.74. The van der Waals surface area contributed by atoms with Crippen molar-refractivity contribution in [2.24, 2.45) is 0 Å². The zero-order valence-corrected chi connectivity index (χ0v) is 8.67. The topological polar surface area (TPSA) is 46.9 Å². The molecule has 0 aliphatic carbocycles. The van der Waals surface area contributed by atoms with E-state index in [0.29, 0.717) is 0 Å². The number of hydrogen-bond acceptors (Lipinski definition) is 4. The van der Waals surface area contributed by atoms with Gasteiger partial charge in [0.05, 0.1) is 5.47 Å². The van der Waals surface area contributed by atoms with Gasteiger partial charge < -0.3 is 10.0 Å². The number of hydrogen-bond donors (Lipinski definition) is 2. The molecule has 4 nitrogen and oxygen atoms in total. The van der Waals surface area contributed by atoms with Gasteiger partial charge in [-0.05, 0) is 0 Å². The molecule has 0 fully saturated rings. The maximum Gasteiger partial charge on any atom is 0.493 e. The first kappa shape index (κ1) is 16.0. The zero-order chi connectivity index (χ0) is 15.2. The van der Waals surface area contributed by atoms with Crippen molar-refractivity contribution < 1.29 is 45.3 Å². The molecule has 0 bridgehead atoms. The van der Waals surface area contributed by atoms with Gasteiger partial charge in [-0.2, -0.15) is 30.7 Å². The molecule has 0 radical (unpaired) electrons. The Labute approximate surface area is 100 Å². The second kappa shape index (κ2) is 4.49. The lowest BCUT2D eigenvalue weighted by Crippen LogP contribution is -2.50. The molecule has 0 aromatic heterocycles. The van der Waals surface area contributed by atoms with Gasteiger partial charge in [0.1, 0.15) is 6.54 Å². The Hall–Kier alpha value is -1.08. The van der Waals surface area contributed by atoms with E-state index in [1.165, 1.54) is 0 Å². The van der Waals surface area contributed by atoms with Crippen LogP contribution in [0.5, 0.6) is 0 Å². The SMILES string of the molecule is OB(O)C1=CN(CC(F)(F)C(F)(F)F)N(F)C1(F)F. The second-order valence-electron chi connectivity index (χ2n) is 3.56. The van der Waals surface area contributed by atoms with Crippen molar-refractivity contribution in [1.82, 2.24) is 10.2 Å². The third-order valence-electron chi connectivity index (χ3n) is 2.15. The van der Waals surface area contributed by atoms with Crippen LogP contribution in [-0.2, 0) is 0 Å². The normalized spacial score (nSPS) is 20.7. The molecule has 19 heavy (non-hydrogen) atoms. The van der Waals surface area contributed by atoms with E-state index in [9.17, 15) is 35.2 Å². The van der Waals surface area contributed by atoms with Gasteiger partial charge in [-0.3, -0.25) is 5.01 Å². The summed E-state index contributed by atoms with van der Waals surface area (Å²) >= 11 is 0. The summed E-state index contributed by atoms with van der Waals surface area (Å²) in [6.45, 7) is -2.47. The highest BCUT2D eigenvalue weighted by molar-refractivity contribution is 6.51. The van der Waals surface area contributed by atoms with Crippen LogP contribution >= 0.6 is 0 Å². The van der Waals surface area contributed by atoms with Gasteiger partial charge in [-0.25, -0.2) is 0 Å². The van der Waals surface area contributed by atoms with Gasteiger partial charge in [0.2, 0.25) is 0 Å². The highest BCUT2D eigenvalue weighted by Crippen LogP contribution is 2.41. The third-order valence-corrected chi connectivity index (χ3v) is 2.15. The molecule has 110 valence electrons. The molecule has 0 spiro atoms. The summed E-state index contributed by atoms with van der Waals surface area (Å²) in [7, 11) is -2.92. The molecule has 0 saturated heterocycles. The van der Waals surface area contributed by atoms with Crippen LogP contribution < -0.4 is 0 Å². The van der Waals surface area contributed by atoms with Crippen LogP contribution in [0.25, 0.3) is 0 Å². The molecule has 0 amide bonds. The van der Waals surface area contributed by atoms with E-state index in [2.05, 4.69) is 0 Å². The van der Waals surface area contributed by atoms with Crippen molar-refractivity contribution >= 4 is 7.12 Å². The molecule has 0 unspecified atom stereocenters. The lowest BCUT2D eigenvalue weighted by atomic mass is 9.79. The van der Waals surface area contributed by atoms with Gasteiger partial charge in [-0.1, -0.05) is 0 Å². The Morgan fingerprint density at radius 3 is 1.95 bits per heavy atom. The summed E-state index contributed by atoms with van der Waals surface area (Å²) < 4.78 is 99.5. The van der Waals surface area contributed by atoms with E-state index < -0.39 is 47.5 Å². The molecule has 13 heteroatoms. The Balaban J connectivity index is 2.99. The minimum Gasteiger partial charge on any atom is -0.423 e. The van der Waals surface area contributed by atoms with Gasteiger partial charge in [0, 0.05) is 11.4 Å². The second-order valence-corrected chi connectivity index (χ2v) is 3.56. The maximum absolute atomic E-state index is 13.0. The van der Waals surface area contributed by atoms with E-state index in [1.807, 2.05) is 0 Å². The highest BCUT2D eigenvalue weighted by Gasteiger charge is 2.62. The fraction of sp³-hybridized carbons (Fsp3) is 0.667. The molecule has 1 aliphatic rings. The van der Waals surface area contributed by atoms with Gasteiger partial charge in [0.15, 0.2) is 0 Å². The zero-order valence-electron chi connectivity index (χ0n) is 8.67. The van der Waals surface area contributed by atoms with Crippen LogP contribution in [0.2, 0.25) is 0 Å². The molecule has 1 aliphatic heterocycles. The van der Waals surface area contributed by atoms with Crippen LogP contribution in [0.3, 0.4) is 0 Å². The lowest BCUT2D eigenvalue weighted by molar-refractivity contribution is -0.328. The first-order valence-electron chi connectivity index (χ1n) is 4.44. The number of halogens is 8. The van der Waals surface area contributed by atoms with Crippen molar-refractivity contribution in [3.05, 3.63) is 11.7 Å². The Morgan fingerprint density at radius 1 is 1.16 bits per heavy atom. The van der Waals surface area contributed by atoms with Crippen molar-refractivity contribution in [2.45, 2.75) is 18.1 Å². The predicted octanol–water partition coefficient (Wildman–Crippen LogP) is 1.09. The van der Waals surface area contributed by atoms with Gasteiger partial charge in [0.25, 0.3) is 0 Å². The van der Waals surface area contributed by atoms with Crippen LogP contribution in [0, 0.1) is 0 Å². The van der Waals surface area contributed by atoms with E-state index in [-0.39, 0.29) is 6.20 Å². The minimum atomic E-state index is -6.07. The fourth-order valence-electron chi connectivity index (χ4n) is 1.18. The lowest BCUT2D eigenvalue weighted by Gasteiger charge is -2.29. The van der Waals surface area contributed by atoms with E-state index >= 15 is 0 Å². The monoisotopic (exact) mass is 300 g/mol. The van der Waals surface area contributed by atoms with E-state index in [1.54, 1.807) is 0 Å². The minimum absolute atomic E-state index is 0.232. The van der Waals surface area contributed by atoms with E-state index in [4.69, 9.17) is 10.0 Å². The Bertz CT molecular complexity index is 384. The first-order chi connectivity index (χ1) is 8.30. The van der Waals surface area contributed by atoms with Crippen LogP contribution in [0.4, 0.5) is 35.2 Å². The average molecular weight is 300 g/mol. The quantitative estimate of drug-likeness (QED) is 0.354. The standard InChI is InChI=1S/C6H5BF8N2O2/c8-4(9,6(12,13)14)2-16-1-3(7(18)19)5(10,11)17(16)15/h1,18-19H,2H2. The molecule has 0 saturated carbocycles. The van der Waals surface area contributed by atoms with Gasteiger partial charge >= 0.3 is 25.3 Å². The van der Waals surface area contributed by atoms with Crippen molar-refractivity contribution in [1.29, 1.82) is 0 Å². The molecule has 1 rings (SSSR count). The molecular weight excluding hydrogens is 295 g/mol. The van der Waals surface area contributed by atoms with Crippen LogP contribution in [-0.4, -0.2) is 52.1 Å². The largest absolute Gasteiger partial charge is 0.493 e. The molecule has 0 atom stereocenters. The molecule has 1 heterocycles. The molecular formula is C6H5BF8N2O2. The van der Waals surface area contributed by atoms with Crippen molar-refractivity contribution in [3.8, 4) is 0 Å². The summed E-state index contributed by atoms with van der Waals surface area (Å²) in [5, 5.41) is 14.4. The highest BCUT2D eigenvalue weighted by atomic mass is 19.4. The third kappa shape index (κ3) is 2.77. The summed E-state index contributed by atoms with van der Waals surface area (Å²) in [6.07, 6.45) is -6.30. The summed E-state index contributed by atoms with van der Waals surface area (Å²) in [5.41, 5.74) is -1.77. The molecule has 0 aromatic rings. The smallest absolute Gasteiger partial charge is 0.423 e. The maximum atomic E-state index is 13.0. The number of nitrogens with zero attached hydrogens (tertiary/aromatic N) is 2. The predicted molar refractivity (Wildman–Crippen MR) is 43.9 cm³/mol. The first-order valence-corrected chi connectivity index (χ1v) is 4.44. The molecule has 0 aromatic carbocycles. The summed E-state index contributed by atoms with van der Waals surface area (Å²) in [5.74, 6) is -5.47. The summed E-state index contributed by atoms with van der Waals surface area (Å²) in [4.78, 5) is 0. The number of rotatable bonds is 3. The van der Waals surface area contributed by atoms with E-state index in [0.717, 1.165) is 0 Å². The Morgan fingerprint density at radius 2 is 1.63 bits per heavy atom.